The smallest absolute Gasteiger partial charge is 0.314 e. The summed E-state index contributed by atoms with van der Waals surface area (Å²) in [5.41, 5.74) is 5.03. The zero-order valence-electron chi connectivity index (χ0n) is 7.93. The average Bonchev–Trinajstić information content (AvgIpc) is 2.03. The number of nitrogens with zero attached hydrogens (tertiary/aromatic N) is 1. The van der Waals surface area contributed by atoms with Gasteiger partial charge in [-0.05, 0) is 0 Å². The lowest BCUT2D eigenvalue weighted by Gasteiger charge is -2.25. The number of carbonyl (C=O) groups excluding carboxylic acids is 1. The molecule has 0 saturated carbocycles. The van der Waals surface area contributed by atoms with Crippen molar-refractivity contribution in [2.75, 3.05) is 32.4 Å². The van der Waals surface area contributed by atoms with E-state index >= 15 is 0 Å². The van der Waals surface area contributed by atoms with E-state index in [9.17, 15) is 13.2 Å². The van der Waals surface area contributed by atoms with Crippen molar-refractivity contribution in [2.24, 2.45) is 5.73 Å². The fraction of sp³-hybridized carbons (Fsp3) is 0.833. The van der Waals surface area contributed by atoms with E-state index in [2.05, 4.69) is 5.32 Å². The Balaban J connectivity index is 0.000000292. The SMILES string of the molecule is CS(=O)(=O)O.NC(=O)N1CCNCC1. The fourth-order valence-electron chi connectivity index (χ4n) is 0.885. The van der Waals surface area contributed by atoms with Crippen molar-refractivity contribution >= 4 is 16.1 Å². The summed E-state index contributed by atoms with van der Waals surface area (Å²) >= 11 is 0. The molecule has 0 atom stereocenters. The quantitative estimate of drug-likeness (QED) is 0.433. The van der Waals surface area contributed by atoms with Gasteiger partial charge in [0.25, 0.3) is 10.1 Å². The molecule has 1 aliphatic rings. The van der Waals surface area contributed by atoms with Gasteiger partial charge in [-0.2, -0.15) is 8.42 Å². The maximum Gasteiger partial charge on any atom is 0.314 e. The molecule has 0 aliphatic carbocycles. The number of hydrogen-bond donors (Lipinski definition) is 3. The second-order valence-corrected chi connectivity index (χ2v) is 4.27. The van der Waals surface area contributed by atoms with Gasteiger partial charge in [-0.25, -0.2) is 4.79 Å². The van der Waals surface area contributed by atoms with Crippen molar-refractivity contribution in [3.63, 3.8) is 0 Å². The number of primary amides is 1. The molecule has 1 saturated heterocycles. The van der Waals surface area contributed by atoms with Gasteiger partial charge in [-0.15, -0.1) is 0 Å². The topological polar surface area (TPSA) is 113 Å². The van der Waals surface area contributed by atoms with Crippen LogP contribution in [0.2, 0.25) is 0 Å². The molecule has 1 fully saturated rings. The van der Waals surface area contributed by atoms with Gasteiger partial charge in [-0.1, -0.05) is 0 Å². The highest BCUT2D eigenvalue weighted by Crippen LogP contribution is 1.89. The standard InChI is InChI=1S/C5H11N3O.CH4O3S/c6-5(9)8-3-1-7-2-4-8;1-5(2,3)4/h7H,1-4H2,(H2,6,9);1H3,(H,2,3,4). The number of urea groups is 1. The van der Waals surface area contributed by atoms with E-state index in [1.807, 2.05) is 0 Å². The van der Waals surface area contributed by atoms with Crippen molar-refractivity contribution in [1.29, 1.82) is 0 Å². The molecule has 0 aromatic rings. The van der Waals surface area contributed by atoms with E-state index in [-0.39, 0.29) is 6.03 Å². The minimum Gasteiger partial charge on any atom is -0.351 e. The molecule has 2 amide bonds. The molecular weight excluding hydrogens is 210 g/mol. The molecule has 0 unspecified atom stereocenters. The summed E-state index contributed by atoms with van der Waals surface area (Å²) in [6.45, 7) is 3.22. The van der Waals surface area contributed by atoms with E-state index in [0.717, 1.165) is 26.2 Å². The van der Waals surface area contributed by atoms with Crippen LogP contribution in [0.4, 0.5) is 4.79 Å². The number of hydrogen-bond acceptors (Lipinski definition) is 4. The molecule has 0 aromatic heterocycles. The lowest BCUT2D eigenvalue weighted by atomic mass is 10.4. The summed E-state index contributed by atoms with van der Waals surface area (Å²) in [4.78, 5) is 12.1. The minimum absolute atomic E-state index is 0.309. The molecule has 0 spiro atoms. The molecule has 0 bridgehead atoms. The summed E-state index contributed by atoms with van der Waals surface area (Å²) in [6.07, 6.45) is 0.715. The van der Waals surface area contributed by atoms with E-state index in [4.69, 9.17) is 10.3 Å². The van der Waals surface area contributed by atoms with E-state index in [1.54, 1.807) is 4.90 Å². The fourth-order valence-corrected chi connectivity index (χ4v) is 0.885. The van der Waals surface area contributed by atoms with Crippen LogP contribution in [0.25, 0.3) is 0 Å². The molecule has 7 nitrogen and oxygen atoms in total. The second-order valence-electron chi connectivity index (χ2n) is 2.81. The van der Waals surface area contributed by atoms with Crippen LogP contribution < -0.4 is 11.1 Å². The van der Waals surface area contributed by atoms with Gasteiger partial charge in [0, 0.05) is 26.2 Å². The summed E-state index contributed by atoms with van der Waals surface area (Å²) in [5.74, 6) is 0. The number of nitrogens with two attached hydrogens (primary N) is 1. The van der Waals surface area contributed by atoms with Crippen LogP contribution >= 0.6 is 0 Å². The van der Waals surface area contributed by atoms with Gasteiger partial charge in [0.05, 0.1) is 6.26 Å². The van der Waals surface area contributed by atoms with Gasteiger partial charge in [0.1, 0.15) is 0 Å². The maximum absolute atomic E-state index is 10.5. The lowest BCUT2D eigenvalue weighted by Crippen LogP contribution is -2.48. The first kappa shape index (κ1) is 13.1. The summed E-state index contributed by atoms with van der Waals surface area (Å²) in [7, 11) is -3.67. The Bertz CT molecular complexity index is 263. The number of amides is 2. The molecule has 14 heavy (non-hydrogen) atoms. The van der Waals surface area contributed by atoms with Crippen LogP contribution in [0.3, 0.4) is 0 Å². The summed E-state index contributed by atoms with van der Waals surface area (Å²) in [6, 6.07) is -0.309. The largest absolute Gasteiger partial charge is 0.351 e. The third-order valence-corrected chi connectivity index (χ3v) is 1.43. The number of rotatable bonds is 0. The normalized spacial score (nSPS) is 16.9. The molecule has 84 valence electrons. The first-order valence-electron chi connectivity index (χ1n) is 3.98. The summed E-state index contributed by atoms with van der Waals surface area (Å²) in [5, 5.41) is 3.12. The Kier molecular flexibility index (Phi) is 5.43. The van der Waals surface area contributed by atoms with Crippen LogP contribution in [0.15, 0.2) is 0 Å². The summed E-state index contributed by atoms with van der Waals surface area (Å²) < 4.78 is 25.9. The highest BCUT2D eigenvalue weighted by molar-refractivity contribution is 7.85. The third kappa shape index (κ3) is 9.23. The van der Waals surface area contributed by atoms with Crippen molar-refractivity contribution in [1.82, 2.24) is 10.2 Å². The molecule has 0 radical (unpaired) electrons. The third-order valence-electron chi connectivity index (χ3n) is 1.43. The van der Waals surface area contributed by atoms with E-state index in [0.29, 0.717) is 6.26 Å². The van der Waals surface area contributed by atoms with E-state index in [1.165, 1.54) is 0 Å². The Hall–Kier alpha value is -0.860. The maximum atomic E-state index is 10.5. The second kappa shape index (κ2) is 5.78. The van der Waals surface area contributed by atoms with Crippen LogP contribution in [0.5, 0.6) is 0 Å². The molecule has 0 aromatic carbocycles. The molecule has 8 heteroatoms. The number of piperazine rings is 1. The monoisotopic (exact) mass is 225 g/mol. The van der Waals surface area contributed by atoms with Crippen molar-refractivity contribution in [3.05, 3.63) is 0 Å². The van der Waals surface area contributed by atoms with Gasteiger partial charge in [0.2, 0.25) is 0 Å². The zero-order chi connectivity index (χ0) is 11.2. The number of nitrogens with one attached hydrogen (secondary N) is 1. The minimum atomic E-state index is -3.67. The van der Waals surface area contributed by atoms with Gasteiger partial charge in [0.15, 0.2) is 0 Å². The van der Waals surface area contributed by atoms with Crippen molar-refractivity contribution in [3.8, 4) is 0 Å². The van der Waals surface area contributed by atoms with Crippen LogP contribution in [-0.2, 0) is 10.1 Å². The van der Waals surface area contributed by atoms with Gasteiger partial charge >= 0.3 is 6.03 Å². The highest BCUT2D eigenvalue weighted by Gasteiger charge is 2.11. The molecular formula is C6H15N3O4S. The van der Waals surface area contributed by atoms with Gasteiger partial charge < -0.3 is 16.0 Å². The van der Waals surface area contributed by atoms with Crippen molar-refractivity contribution < 1.29 is 17.8 Å². The van der Waals surface area contributed by atoms with Crippen LogP contribution in [0.1, 0.15) is 0 Å². The van der Waals surface area contributed by atoms with E-state index < -0.39 is 10.1 Å². The molecule has 1 rings (SSSR count). The average molecular weight is 225 g/mol. The molecule has 4 N–H and O–H groups in total. The lowest BCUT2D eigenvalue weighted by molar-refractivity contribution is 0.200. The molecule has 1 aliphatic heterocycles. The van der Waals surface area contributed by atoms with Crippen LogP contribution in [-0.4, -0.2) is 56.3 Å². The first-order chi connectivity index (χ1) is 6.30. The Morgan fingerprint density at radius 3 is 2.00 bits per heavy atom. The Labute approximate surface area is 83.0 Å². The Morgan fingerprint density at radius 2 is 1.79 bits per heavy atom. The molecule has 1 heterocycles. The van der Waals surface area contributed by atoms with Gasteiger partial charge in [-0.3, -0.25) is 4.55 Å². The highest BCUT2D eigenvalue weighted by atomic mass is 32.2. The Morgan fingerprint density at radius 1 is 1.43 bits per heavy atom. The predicted molar refractivity (Wildman–Crippen MR) is 51.5 cm³/mol. The van der Waals surface area contributed by atoms with Crippen LogP contribution in [0, 0.1) is 0 Å². The van der Waals surface area contributed by atoms with Crippen molar-refractivity contribution in [2.45, 2.75) is 0 Å². The number of carbonyl (C=O) groups is 1. The zero-order valence-corrected chi connectivity index (χ0v) is 8.75. The predicted octanol–water partition coefficient (Wildman–Crippen LogP) is -1.53. The first-order valence-corrected chi connectivity index (χ1v) is 5.83.